The van der Waals surface area contributed by atoms with E-state index in [-0.39, 0.29) is 36.7 Å². The third-order valence-electron chi connectivity index (χ3n) is 5.24. The maximum atomic E-state index is 12.7. The van der Waals surface area contributed by atoms with Gasteiger partial charge in [-0.15, -0.1) is 0 Å². The number of nitrogens with one attached hydrogen (secondary N) is 1. The molecule has 2 aliphatic heterocycles. The summed E-state index contributed by atoms with van der Waals surface area (Å²) in [5, 5.41) is 2.86. The monoisotopic (exact) mass is 363 g/mol. The molecule has 2 aliphatic rings. The molecule has 4 rings (SSSR count). The number of hydrogen-bond acceptors (Lipinski definition) is 3. The third kappa shape index (κ3) is 3.18. The summed E-state index contributed by atoms with van der Waals surface area (Å²) in [4.78, 5) is 40.7. The van der Waals surface area contributed by atoms with Crippen LogP contribution in [-0.2, 0) is 9.59 Å². The van der Waals surface area contributed by atoms with Gasteiger partial charge in [0.1, 0.15) is 6.54 Å². The summed E-state index contributed by atoms with van der Waals surface area (Å²) in [5.41, 5.74) is 3.40. The zero-order valence-corrected chi connectivity index (χ0v) is 15.1. The number of carbonyl (C=O) groups excluding carboxylic acids is 3. The Hall–Kier alpha value is -3.15. The van der Waals surface area contributed by atoms with Crippen LogP contribution >= 0.6 is 0 Å². The van der Waals surface area contributed by atoms with Crippen LogP contribution in [0, 0.1) is 6.92 Å². The first-order chi connectivity index (χ1) is 13.0. The smallest absolute Gasteiger partial charge is 0.252 e. The molecule has 0 saturated carbocycles. The second kappa shape index (κ2) is 6.87. The topological polar surface area (TPSA) is 69.7 Å². The standard InChI is InChI=1S/C21H21N3O3/c1-14-6-2-5-9-18(14)24-11-10-23(13-20(24)26)19(25)12-17-15-7-3-4-8-16(15)21(27)22-17/h2-9,17H,10-13H2,1H3,(H,22,27)/t17-/m1/s1. The van der Waals surface area contributed by atoms with Crippen molar-refractivity contribution >= 4 is 23.4 Å². The van der Waals surface area contributed by atoms with E-state index < -0.39 is 0 Å². The van der Waals surface area contributed by atoms with Crippen LogP contribution in [0.1, 0.15) is 33.9 Å². The number of fused-ring (bicyclic) bond motifs is 1. The number of para-hydroxylation sites is 1. The Kier molecular flexibility index (Phi) is 4.39. The second-order valence-corrected chi connectivity index (χ2v) is 6.96. The average Bonchev–Trinajstić information content (AvgIpc) is 2.98. The summed E-state index contributed by atoms with van der Waals surface area (Å²) in [5.74, 6) is -0.349. The summed E-state index contributed by atoms with van der Waals surface area (Å²) in [6.07, 6.45) is 0.167. The van der Waals surface area contributed by atoms with E-state index in [1.807, 2.05) is 49.4 Å². The van der Waals surface area contributed by atoms with Crippen molar-refractivity contribution in [3.63, 3.8) is 0 Å². The Bertz CT molecular complexity index is 924. The Balaban J connectivity index is 1.43. The molecule has 2 aromatic rings. The van der Waals surface area contributed by atoms with Crippen LogP contribution in [0.4, 0.5) is 5.69 Å². The number of carbonyl (C=O) groups is 3. The number of aryl methyl sites for hydroxylation is 1. The van der Waals surface area contributed by atoms with Gasteiger partial charge >= 0.3 is 0 Å². The van der Waals surface area contributed by atoms with Gasteiger partial charge in [0, 0.05) is 24.3 Å². The van der Waals surface area contributed by atoms with Crippen LogP contribution in [-0.4, -0.2) is 42.3 Å². The Morgan fingerprint density at radius 1 is 1.07 bits per heavy atom. The number of amides is 3. The molecule has 6 heteroatoms. The van der Waals surface area contributed by atoms with E-state index in [2.05, 4.69) is 5.32 Å². The lowest BCUT2D eigenvalue weighted by Gasteiger charge is -2.35. The first kappa shape index (κ1) is 17.3. The van der Waals surface area contributed by atoms with Gasteiger partial charge in [-0.2, -0.15) is 0 Å². The molecule has 3 amide bonds. The minimum atomic E-state index is -0.328. The number of nitrogens with zero attached hydrogens (tertiary/aromatic N) is 2. The van der Waals surface area contributed by atoms with Gasteiger partial charge in [0.25, 0.3) is 5.91 Å². The molecule has 138 valence electrons. The van der Waals surface area contributed by atoms with Crippen molar-refractivity contribution in [3.05, 3.63) is 65.2 Å². The minimum Gasteiger partial charge on any atom is -0.345 e. The van der Waals surface area contributed by atoms with E-state index in [0.29, 0.717) is 18.7 Å². The van der Waals surface area contributed by atoms with Gasteiger partial charge in [-0.3, -0.25) is 14.4 Å². The fraction of sp³-hybridized carbons (Fsp3) is 0.286. The van der Waals surface area contributed by atoms with E-state index in [9.17, 15) is 14.4 Å². The largest absolute Gasteiger partial charge is 0.345 e. The highest BCUT2D eigenvalue weighted by Crippen LogP contribution is 2.28. The van der Waals surface area contributed by atoms with Gasteiger partial charge in [0.2, 0.25) is 11.8 Å². The Morgan fingerprint density at radius 2 is 1.81 bits per heavy atom. The quantitative estimate of drug-likeness (QED) is 0.907. The molecular formula is C21H21N3O3. The Labute approximate surface area is 157 Å². The molecular weight excluding hydrogens is 342 g/mol. The first-order valence-corrected chi connectivity index (χ1v) is 9.08. The number of anilines is 1. The second-order valence-electron chi connectivity index (χ2n) is 6.96. The van der Waals surface area contributed by atoms with Crippen molar-refractivity contribution in [1.29, 1.82) is 0 Å². The number of rotatable bonds is 3. The fourth-order valence-corrected chi connectivity index (χ4v) is 3.79. The lowest BCUT2D eigenvalue weighted by atomic mass is 10.0. The van der Waals surface area contributed by atoms with Crippen LogP contribution in [0.25, 0.3) is 0 Å². The molecule has 1 N–H and O–H groups in total. The molecule has 0 spiro atoms. The van der Waals surface area contributed by atoms with E-state index in [1.165, 1.54) is 0 Å². The normalized spacial score (nSPS) is 19.1. The molecule has 27 heavy (non-hydrogen) atoms. The maximum absolute atomic E-state index is 12.7. The Morgan fingerprint density at radius 3 is 2.59 bits per heavy atom. The predicted molar refractivity (Wildman–Crippen MR) is 101 cm³/mol. The van der Waals surface area contributed by atoms with E-state index in [0.717, 1.165) is 16.8 Å². The van der Waals surface area contributed by atoms with E-state index >= 15 is 0 Å². The van der Waals surface area contributed by atoms with E-state index in [4.69, 9.17) is 0 Å². The SMILES string of the molecule is Cc1ccccc1N1CCN(C(=O)C[C@H]2NC(=O)c3ccccc32)CC1=O. The molecule has 2 aromatic carbocycles. The lowest BCUT2D eigenvalue weighted by molar-refractivity contribution is -0.137. The molecule has 0 radical (unpaired) electrons. The highest BCUT2D eigenvalue weighted by molar-refractivity contribution is 6.01. The zero-order chi connectivity index (χ0) is 19.0. The van der Waals surface area contributed by atoms with Crippen LogP contribution in [0.3, 0.4) is 0 Å². The number of piperazine rings is 1. The van der Waals surface area contributed by atoms with Crippen molar-refractivity contribution in [2.75, 3.05) is 24.5 Å². The maximum Gasteiger partial charge on any atom is 0.252 e. The van der Waals surface area contributed by atoms with Crippen molar-refractivity contribution in [1.82, 2.24) is 10.2 Å². The summed E-state index contributed by atoms with van der Waals surface area (Å²) < 4.78 is 0. The summed E-state index contributed by atoms with van der Waals surface area (Å²) in [7, 11) is 0. The number of hydrogen-bond donors (Lipinski definition) is 1. The molecule has 0 aromatic heterocycles. The fourth-order valence-electron chi connectivity index (χ4n) is 3.79. The molecule has 1 fully saturated rings. The highest BCUT2D eigenvalue weighted by atomic mass is 16.2. The van der Waals surface area contributed by atoms with Gasteiger partial charge in [0.15, 0.2) is 0 Å². The minimum absolute atomic E-state index is 0.0650. The molecule has 0 aliphatic carbocycles. The van der Waals surface area contributed by atoms with Gasteiger partial charge < -0.3 is 15.1 Å². The highest BCUT2D eigenvalue weighted by Gasteiger charge is 2.33. The van der Waals surface area contributed by atoms with Crippen LogP contribution in [0.5, 0.6) is 0 Å². The molecule has 0 bridgehead atoms. The summed E-state index contributed by atoms with van der Waals surface area (Å²) in [6.45, 7) is 3.00. The van der Waals surface area contributed by atoms with Gasteiger partial charge in [-0.1, -0.05) is 36.4 Å². The van der Waals surface area contributed by atoms with E-state index in [1.54, 1.807) is 15.9 Å². The lowest BCUT2D eigenvalue weighted by Crippen LogP contribution is -2.53. The third-order valence-corrected chi connectivity index (χ3v) is 5.24. The van der Waals surface area contributed by atoms with Crippen LogP contribution < -0.4 is 10.2 Å². The van der Waals surface area contributed by atoms with Gasteiger partial charge in [0.05, 0.1) is 12.5 Å². The van der Waals surface area contributed by atoms with Crippen molar-refractivity contribution in [3.8, 4) is 0 Å². The zero-order valence-electron chi connectivity index (χ0n) is 15.1. The van der Waals surface area contributed by atoms with Crippen molar-refractivity contribution in [2.45, 2.75) is 19.4 Å². The average molecular weight is 363 g/mol. The molecule has 1 atom stereocenters. The molecule has 6 nitrogen and oxygen atoms in total. The van der Waals surface area contributed by atoms with Crippen molar-refractivity contribution in [2.24, 2.45) is 0 Å². The summed E-state index contributed by atoms with van der Waals surface area (Å²) in [6, 6.07) is 14.7. The molecule has 2 heterocycles. The molecule has 1 saturated heterocycles. The molecule has 0 unspecified atom stereocenters. The van der Waals surface area contributed by atoms with Crippen LogP contribution in [0.15, 0.2) is 48.5 Å². The summed E-state index contributed by atoms with van der Waals surface area (Å²) >= 11 is 0. The van der Waals surface area contributed by atoms with Gasteiger partial charge in [-0.25, -0.2) is 0 Å². The first-order valence-electron chi connectivity index (χ1n) is 9.08. The van der Waals surface area contributed by atoms with Crippen molar-refractivity contribution < 1.29 is 14.4 Å². The van der Waals surface area contributed by atoms with Crippen LogP contribution in [0.2, 0.25) is 0 Å². The van der Waals surface area contributed by atoms with Gasteiger partial charge in [-0.05, 0) is 30.2 Å². The predicted octanol–water partition coefficient (Wildman–Crippen LogP) is 2.05. The number of benzene rings is 2.